The lowest BCUT2D eigenvalue weighted by Gasteiger charge is -2.23. The second kappa shape index (κ2) is 7.54. The number of hydrogen-bond acceptors (Lipinski definition) is 5. The van der Waals surface area contributed by atoms with Crippen molar-refractivity contribution in [3.05, 3.63) is 39.7 Å². The maximum Gasteiger partial charge on any atom is 0.302 e. The van der Waals surface area contributed by atoms with Crippen LogP contribution in [0.4, 0.5) is 0 Å². The fourth-order valence-electron chi connectivity index (χ4n) is 3.22. The number of aliphatic hydroxyl groups excluding tert-OH is 1. The van der Waals surface area contributed by atoms with Crippen LogP contribution in [-0.4, -0.2) is 23.4 Å². The molecule has 0 spiro atoms. The Morgan fingerprint density at radius 2 is 1.96 bits per heavy atom. The molecule has 1 amide bonds. The molecule has 25 heavy (non-hydrogen) atoms. The molecule has 0 aromatic heterocycles. The molecule has 2 atom stereocenters. The monoisotopic (exact) mass is 382 g/mol. The lowest BCUT2D eigenvalue weighted by atomic mass is 9.80. The van der Waals surface area contributed by atoms with E-state index in [0.717, 1.165) is 25.7 Å². The van der Waals surface area contributed by atoms with E-state index in [4.69, 9.17) is 27.9 Å². The summed E-state index contributed by atoms with van der Waals surface area (Å²) in [6.45, 7) is -0.389. The zero-order valence-electron chi connectivity index (χ0n) is 13.2. The van der Waals surface area contributed by atoms with Gasteiger partial charge in [0.2, 0.25) is 0 Å². The van der Waals surface area contributed by atoms with E-state index < -0.39 is 5.91 Å². The summed E-state index contributed by atoms with van der Waals surface area (Å²) in [5, 5.41) is 18.1. The number of amides is 1. The van der Waals surface area contributed by atoms with E-state index in [9.17, 15) is 14.7 Å². The van der Waals surface area contributed by atoms with Gasteiger partial charge in [-0.25, -0.2) is 0 Å². The van der Waals surface area contributed by atoms with Crippen LogP contribution in [0.1, 0.15) is 25.7 Å². The Balaban J connectivity index is 1.62. The Hall–Kier alpha value is -1.92. The van der Waals surface area contributed by atoms with Gasteiger partial charge in [-0.2, -0.15) is 0 Å². The van der Waals surface area contributed by atoms with Crippen molar-refractivity contribution in [2.45, 2.75) is 25.7 Å². The van der Waals surface area contributed by atoms with Crippen LogP contribution in [-0.2, 0) is 9.59 Å². The van der Waals surface area contributed by atoms with Crippen molar-refractivity contribution in [2.75, 3.05) is 6.61 Å². The minimum atomic E-state index is -0.686. The summed E-state index contributed by atoms with van der Waals surface area (Å²) in [6.07, 6.45) is 3.42. The predicted octanol–water partition coefficient (Wildman–Crippen LogP) is 4.51. The molecular formula is C17H16Cl2N2O4. The van der Waals surface area contributed by atoms with Crippen LogP contribution in [0.2, 0.25) is 10.0 Å². The van der Waals surface area contributed by atoms with Crippen molar-refractivity contribution in [1.82, 2.24) is 0 Å². The molecule has 1 fully saturated rings. The van der Waals surface area contributed by atoms with Crippen molar-refractivity contribution >= 4 is 34.9 Å². The number of carbonyl (C=O) groups is 2. The molecule has 132 valence electrons. The SMILES string of the molecule is O=C(COc1ccc(Cl)cc1Cl)N=NC1=C(O)C2CCCCC2C1=O. The quantitative estimate of drug-likeness (QED) is 0.775. The number of halogens is 2. The Morgan fingerprint density at radius 1 is 1.24 bits per heavy atom. The minimum Gasteiger partial charge on any atom is -0.510 e. The molecular weight excluding hydrogens is 367 g/mol. The van der Waals surface area contributed by atoms with Crippen LogP contribution in [0, 0.1) is 11.8 Å². The fourth-order valence-corrected chi connectivity index (χ4v) is 3.68. The molecule has 1 aromatic carbocycles. The summed E-state index contributed by atoms with van der Waals surface area (Å²) in [6, 6.07) is 4.61. The number of carbonyl (C=O) groups excluding carboxylic acids is 2. The zero-order chi connectivity index (χ0) is 18.0. The molecule has 1 saturated carbocycles. The summed E-state index contributed by atoms with van der Waals surface area (Å²) in [5.41, 5.74) is -0.102. The number of aliphatic hydroxyl groups is 1. The van der Waals surface area contributed by atoms with Crippen molar-refractivity contribution in [3.63, 3.8) is 0 Å². The Labute approximate surface area is 154 Å². The number of azo groups is 1. The van der Waals surface area contributed by atoms with Gasteiger partial charge in [0.15, 0.2) is 18.1 Å². The van der Waals surface area contributed by atoms with E-state index in [2.05, 4.69) is 10.2 Å². The van der Waals surface area contributed by atoms with Gasteiger partial charge in [0.05, 0.1) is 5.02 Å². The number of ketones is 1. The van der Waals surface area contributed by atoms with Crippen molar-refractivity contribution in [2.24, 2.45) is 22.1 Å². The third kappa shape index (κ3) is 3.85. The molecule has 0 radical (unpaired) electrons. The van der Waals surface area contributed by atoms with Crippen LogP contribution in [0.15, 0.2) is 39.9 Å². The first-order valence-electron chi connectivity index (χ1n) is 7.97. The van der Waals surface area contributed by atoms with Gasteiger partial charge in [-0.15, -0.1) is 10.2 Å². The Bertz CT molecular complexity index is 776. The van der Waals surface area contributed by atoms with Crippen molar-refractivity contribution in [3.8, 4) is 5.75 Å². The van der Waals surface area contributed by atoms with Crippen molar-refractivity contribution in [1.29, 1.82) is 0 Å². The van der Waals surface area contributed by atoms with Gasteiger partial charge in [-0.3, -0.25) is 9.59 Å². The van der Waals surface area contributed by atoms with E-state index in [1.54, 1.807) is 6.07 Å². The van der Waals surface area contributed by atoms with Gasteiger partial charge in [0.1, 0.15) is 11.5 Å². The molecule has 0 aliphatic heterocycles. The predicted molar refractivity (Wildman–Crippen MR) is 91.9 cm³/mol. The second-order valence-corrected chi connectivity index (χ2v) is 6.90. The Morgan fingerprint density at radius 3 is 2.64 bits per heavy atom. The van der Waals surface area contributed by atoms with E-state index in [1.807, 2.05) is 0 Å². The summed E-state index contributed by atoms with van der Waals surface area (Å²) < 4.78 is 5.26. The van der Waals surface area contributed by atoms with Gasteiger partial charge >= 0.3 is 5.91 Å². The Kier molecular flexibility index (Phi) is 5.39. The van der Waals surface area contributed by atoms with Crippen LogP contribution < -0.4 is 4.74 Å². The standard InChI is InChI=1S/C17H16Cl2N2O4/c18-9-5-6-13(12(19)7-9)25-8-14(22)20-21-15-16(23)10-3-1-2-4-11(10)17(15)24/h5-7,10-11,23H,1-4,8H2. The first-order valence-corrected chi connectivity index (χ1v) is 8.72. The van der Waals surface area contributed by atoms with Gasteiger partial charge in [-0.05, 0) is 31.0 Å². The van der Waals surface area contributed by atoms with Gasteiger partial charge < -0.3 is 9.84 Å². The number of Topliss-reactive ketones (excluding diaryl/α,β-unsaturated/α-hetero) is 1. The van der Waals surface area contributed by atoms with Crippen LogP contribution in [0.3, 0.4) is 0 Å². The minimum absolute atomic E-state index is 0.0482. The smallest absolute Gasteiger partial charge is 0.302 e. The van der Waals surface area contributed by atoms with E-state index in [1.165, 1.54) is 12.1 Å². The molecule has 0 heterocycles. The lowest BCUT2D eigenvalue weighted by molar-refractivity contribution is -0.120. The number of ether oxygens (including phenoxy) is 1. The fraction of sp³-hybridized carbons (Fsp3) is 0.412. The average molecular weight is 383 g/mol. The van der Waals surface area contributed by atoms with Gasteiger partial charge in [-0.1, -0.05) is 36.0 Å². The largest absolute Gasteiger partial charge is 0.510 e. The molecule has 2 unspecified atom stereocenters. The van der Waals surface area contributed by atoms with E-state index in [0.29, 0.717) is 10.8 Å². The first kappa shape index (κ1) is 17.9. The van der Waals surface area contributed by atoms with E-state index >= 15 is 0 Å². The van der Waals surface area contributed by atoms with Crippen molar-refractivity contribution < 1.29 is 19.4 Å². The first-order chi connectivity index (χ1) is 12.0. The molecule has 2 aliphatic rings. The number of benzene rings is 1. The normalized spacial score (nSPS) is 23.2. The molecule has 8 heteroatoms. The summed E-state index contributed by atoms with van der Waals surface area (Å²) in [7, 11) is 0. The summed E-state index contributed by atoms with van der Waals surface area (Å²) >= 11 is 11.7. The number of allylic oxidation sites excluding steroid dienone is 2. The highest BCUT2D eigenvalue weighted by Gasteiger charge is 2.43. The molecule has 3 rings (SSSR count). The maximum absolute atomic E-state index is 12.3. The molecule has 2 aliphatic carbocycles. The van der Waals surface area contributed by atoms with Crippen LogP contribution >= 0.6 is 23.2 Å². The molecule has 1 N–H and O–H groups in total. The summed E-state index contributed by atoms with van der Waals surface area (Å²) in [5.74, 6) is -1.10. The number of rotatable bonds is 4. The number of hydrogen-bond donors (Lipinski definition) is 1. The maximum atomic E-state index is 12.3. The molecule has 0 bridgehead atoms. The zero-order valence-corrected chi connectivity index (χ0v) is 14.8. The van der Waals surface area contributed by atoms with Gasteiger partial charge in [0, 0.05) is 16.9 Å². The number of nitrogens with zero attached hydrogens (tertiary/aromatic N) is 2. The lowest BCUT2D eigenvalue weighted by Crippen LogP contribution is -2.21. The van der Waals surface area contributed by atoms with Crippen LogP contribution in [0.5, 0.6) is 5.75 Å². The van der Waals surface area contributed by atoms with E-state index in [-0.39, 0.29) is 40.7 Å². The topological polar surface area (TPSA) is 88.3 Å². The second-order valence-electron chi connectivity index (χ2n) is 6.05. The molecule has 1 aromatic rings. The third-order valence-electron chi connectivity index (χ3n) is 4.44. The highest BCUT2D eigenvalue weighted by Crippen LogP contribution is 2.42. The number of fused-ring (bicyclic) bond motifs is 1. The van der Waals surface area contributed by atoms with Gasteiger partial charge in [0.25, 0.3) is 0 Å². The highest BCUT2D eigenvalue weighted by atomic mass is 35.5. The molecule has 0 saturated heterocycles. The van der Waals surface area contributed by atoms with Crippen LogP contribution in [0.25, 0.3) is 0 Å². The average Bonchev–Trinajstić information content (AvgIpc) is 2.84. The highest BCUT2D eigenvalue weighted by molar-refractivity contribution is 6.35. The third-order valence-corrected chi connectivity index (χ3v) is 4.97. The summed E-state index contributed by atoms with van der Waals surface area (Å²) in [4.78, 5) is 24.1. The molecule has 6 nitrogen and oxygen atoms in total.